The van der Waals surface area contributed by atoms with Crippen LogP contribution in [0.25, 0.3) is 0 Å². The molecule has 110 valence electrons. The van der Waals surface area contributed by atoms with E-state index in [2.05, 4.69) is 10.3 Å². The molecule has 6 nitrogen and oxygen atoms in total. The fraction of sp³-hybridized carbons (Fsp3) is 0.267. The number of hydrogen-bond acceptors (Lipinski definition) is 5. The molecule has 1 aromatic heterocycles. The number of nitro benzene ring substituents is 1. The van der Waals surface area contributed by atoms with Gasteiger partial charge in [-0.15, -0.1) is 0 Å². The Morgan fingerprint density at radius 2 is 2.14 bits per heavy atom. The molecule has 0 saturated carbocycles. The summed E-state index contributed by atoms with van der Waals surface area (Å²) in [6.45, 7) is 4.74. The number of benzene rings is 1. The van der Waals surface area contributed by atoms with E-state index in [0.717, 1.165) is 17.9 Å². The molecule has 0 fully saturated rings. The standard InChI is InChI=1S/C15H17N3O3/c1-3-16-15-12(6-5-9-17-15)10-21-14-8-4-7-13(11(14)2)18(19)20/h4-9H,3,10H2,1-2H3,(H,16,17). The Morgan fingerprint density at radius 3 is 2.86 bits per heavy atom. The van der Waals surface area contributed by atoms with Crippen LogP contribution in [0, 0.1) is 17.0 Å². The molecule has 21 heavy (non-hydrogen) atoms. The zero-order valence-electron chi connectivity index (χ0n) is 12.0. The normalized spacial score (nSPS) is 10.2. The molecule has 2 rings (SSSR count). The molecular weight excluding hydrogens is 270 g/mol. The first kappa shape index (κ1) is 14.8. The third-order valence-electron chi connectivity index (χ3n) is 3.07. The summed E-state index contributed by atoms with van der Waals surface area (Å²) >= 11 is 0. The van der Waals surface area contributed by atoms with Crippen molar-refractivity contribution in [2.45, 2.75) is 20.5 Å². The second-order valence-corrected chi connectivity index (χ2v) is 4.49. The van der Waals surface area contributed by atoms with Gasteiger partial charge in [-0.2, -0.15) is 0 Å². The Morgan fingerprint density at radius 1 is 1.33 bits per heavy atom. The highest BCUT2D eigenvalue weighted by Crippen LogP contribution is 2.28. The summed E-state index contributed by atoms with van der Waals surface area (Å²) in [6.07, 6.45) is 1.71. The van der Waals surface area contributed by atoms with Crippen LogP contribution < -0.4 is 10.1 Å². The minimum Gasteiger partial charge on any atom is -0.488 e. The SMILES string of the molecule is CCNc1ncccc1COc1cccc([N+](=O)[O-])c1C. The van der Waals surface area contributed by atoms with Gasteiger partial charge in [-0.05, 0) is 26.0 Å². The van der Waals surface area contributed by atoms with Gasteiger partial charge in [0.15, 0.2) is 0 Å². The zero-order valence-corrected chi connectivity index (χ0v) is 12.0. The van der Waals surface area contributed by atoms with Crippen molar-refractivity contribution < 1.29 is 9.66 Å². The Labute approximate surface area is 122 Å². The van der Waals surface area contributed by atoms with E-state index in [1.807, 2.05) is 19.1 Å². The van der Waals surface area contributed by atoms with E-state index in [-0.39, 0.29) is 5.69 Å². The molecule has 0 amide bonds. The van der Waals surface area contributed by atoms with Crippen LogP contribution in [-0.2, 0) is 6.61 Å². The Bertz CT molecular complexity index is 644. The van der Waals surface area contributed by atoms with Crippen molar-refractivity contribution in [3.63, 3.8) is 0 Å². The lowest BCUT2D eigenvalue weighted by Crippen LogP contribution is -2.06. The minimum absolute atomic E-state index is 0.0607. The quantitative estimate of drug-likeness (QED) is 0.651. The van der Waals surface area contributed by atoms with Gasteiger partial charge in [0, 0.05) is 24.4 Å². The minimum atomic E-state index is -0.406. The van der Waals surface area contributed by atoms with Gasteiger partial charge in [0.2, 0.25) is 0 Å². The predicted octanol–water partition coefficient (Wildman–Crippen LogP) is 3.31. The van der Waals surface area contributed by atoms with Crippen LogP contribution in [0.5, 0.6) is 5.75 Å². The second kappa shape index (κ2) is 6.69. The van der Waals surface area contributed by atoms with Crippen molar-refractivity contribution in [3.05, 3.63) is 57.8 Å². The van der Waals surface area contributed by atoms with Crippen LogP contribution in [0.2, 0.25) is 0 Å². The number of rotatable bonds is 6. The largest absolute Gasteiger partial charge is 0.488 e. The van der Waals surface area contributed by atoms with Crippen molar-refractivity contribution in [1.29, 1.82) is 0 Å². The highest BCUT2D eigenvalue weighted by molar-refractivity contribution is 5.49. The number of nitro groups is 1. The van der Waals surface area contributed by atoms with Crippen LogP contribution in [0.3, 0.4) is 0 Å². The van der Waals surface area contributed by atoms with Crippen LogP contribution in [0.15, 0.2) is 36.5 Å². The molecule has 1 N–H and O–H groups in total. The molecule has 0 spiro atoms. The summed E-state index contributed by atoms with van der Waals surface area (Å²) in [4.78, 5) is 14.8. The molecule has 0 bridgehead atoms. The van der Waals surface area contributed by atoms with Gasteiger partial charge in [-0.1, -0.05) is 12.1 Å². The van der Waals surface area contributed by atoms with Crippen LogP contribution in [-0.4, -0.2) is 16.5 Å². The Hall–Kier alpha value is -2.63. The smallest absolute Gasteiger partial charge is 0.276 e. The van der Waals surface area contributed by atoms with Gasteiger partial charge in [-0.25, -0.2) is 4.98 Å². The van der Waals surface area contributed by atoms with Gasteiger partial charge in [0.1, 0.15) is 18.2 Å². The van der Waals surface area contributed by atoms with Gasteiger partial charge in [-0.3, -0.25) is 10.1 Å². The molecule has 0 aliphatic heterocycles. The third-order valence-corrected chi connectivity index (χ3v) is 3.07. The third kappa shape index (κ3) is 3.47. The average molecular weight is 287 g/mol. The topological polar surface area (TPSA) is 77.3 Å². The number of anilines is 1. The number of nitrogens with zero attached hydrogens (tertiary/aromatic N) is 2. The number of hydrogen-bond donors (Lipinski definition) is 1. The van der Waals surface area contributed by atoms with Crippen molar-refractivity contribution in [2.75, 3.05) is 11.9 Å². The maximum absolute atomic E-state index is 10.9. The maximum atomic E-state index is 10.9. The van der Waals surface area contributed by atoms with Crippen LogP contribution >= 0.6 is 0 Å². The fourth-order valence-electron chi connectivity index (χ4n) is 1.99. The molecule has 0 radical (unpaired) electrons. The highest BCUT2D eigenvalue weighted by Gasteiger charge is 2.14. The van der Waals surface area contributed by atoms with Gasteiger partial charge < -0.3 is 10.1 Å². The molecule has 6 heteroatoms. The summed E-state index contributed by atoms with van der Waals surface area (Å²) in [5.41, 5.74) is 1.49. The van der Waals surface area contributed by atoms with E-state index >= 15 is 0 Å². The van der Waals surface area contributed by atoms with Crippen molar-refractivity contribution >= 4 is 11.5 Å². The van der Waals surface area contributed by atoms with Gasteiger partial charge >= 0.3 is 0 Å². The van der Waals surface area contributed by atoms with Gasteiger partial charge in [0.05, 0.1) is 10.5 Å². The maximum Gasteiger partial charge on any atom is 0.276 e. The van der Waals surface area contributed by atoms with E-state index in [9.17, 15) is 10.1 Å². The molecule has 0 atom stereocenters. The average Bonchev–Trinajstić information content (AvgIpc) is 2.47. The van der Waals surface area contributed by atoms with Crippen molar-refractivity contribution in [1.82, 2.24) is 4.98 Å². The summed E-state index contributed by atoms with van der Waals surface area (Å²) < 4.78 is 5.72. The monoisotopic (exact) mass is 287 g/mol. The summed E-state index contributed by atoms with van der Waals surface area (Å²) in [5.74, 6) is 1.28. The molecule has 1 heterocycles. The molecule has 0 aliphatic carbocycles. The lowest BCUT2D eigenvalue weighted by molar-refractivity contribution is -0.385. The zero-order chi connectivity index (χ0) is 15.2. The summed E-state index contributed by atoms with van der Waals surface area (Å²) in [5, 5.41) is 14.1. The second-order valence-electron chi connectivity index (χ2n) is 4.49. The van der Waals surface area contributed by atoms with Gasteiger partial charge in [0.25, 0.3) is 5.69 Å². The number of nitrogens with one attached hydrogen (secondary N) is 1. The number of pyridine rings is 1. The van der Waals surface area contributed by atoms with Crippen LogP contribution in [0.4, 0.5) is 11.5 Å². The first-order valence-corrected chi connectivity index (χ1v) is 6.68. The van der Waals surface area contributed by atoms with Crippen molar-refractivity contribution in [3.8, 4) is 5.75 Å². The Kier molecular flexibility index (Phi) is 4.71. The molecule has 0 unspecified atom stereocenters. The molecule has 2 aromatic rings. The van der Waals surface area contributed by atoms with E-state index in [0.29, 0.717) is 17.9 Å². The first-order chi connectivity index (χ1) is 10.1. The molecule has 0 aliphatic rings. The highest BCUT2D eigenvalue weighted by atomic mass is 16.6. The van der Waals surface area contributed by atoms with E-state index in [4.69, 9.17) is 4.74 Å². The lowest BCUT2D eigenvalue weighted by Gasteiger charge is -2.12. The lowest BCUT2D eigenvalue weighted by atomic mass is 10.2. The summed E-state index contributed by atoms with van der Waals surface area (Å²) in [6, 6.07) is 8.56. The summed E-state index contributed by atoms with van der Waals surface area (Å²) in [7, 11) is 0. The Balaban J connectivity index is 2.17. The molecule has 1 aromatic carbocycles. The molecular formula is C15H17N3O3. The number of ether oxygens (including phenoxy) is 1. The number of aromatic nitrogens is 1. The fourth-order valence-corrected chi connectivity index (χ4v) is 1.99. The first-order valence-electron chi connectivity index (χ1n) is 6.68. The predicted molar refractivity (Wildman–Crippen MR) is 80.6 cm³/mol. The van der Waals surface area contributed by atoms with E-state index in [1.165, 1.54) is 6.07 Å². The molecule has 0 saturated heterocycles. The van der Waals surface area contributed by atoms with E-state index < -0.39 is 4.92 Å². The van der Waals surface area contributed by atoms with Crippen molar-refractivity contribution in [2.24, 2.45) is 0 Å². The van der Waals surface area contributed by atoms with E-state index in [1.54, 1.807) is 25.3 Å². The van der Waals surface area contributed by atoms with Crippen LogP contribution in [0.1, 0.15) is 18.1 Å².